The second-order valence-corrected chi connectivity index (χ2v) is 8.15. The van der Waals surface area contributed by atoms with Crippen molar-refractivity contribution >= 4 is 16.7 Å². The molecule has 1 atom stereocenters. The first-order valence-electron chi connectivity index (χ1n) is 10.6. The Labute approximate surface area is 181 Å². The molecule has 2 nitrogen and oxygen atoms in total. The van der Waals surface area contributed by atoms with E-state index in [1.165, 1.54) is 33.5 Å². The van der Waals surface area contributed by atoms with Crippen molar-refractivity contribution in [2.45, 2.75) is 13.0 Å². The van der Waals surface area contributed by atoms with Crippen molar-refractivity contribution in [1.29, 1.82) is 0 Å². The number of hydrogen-bond acceptors (Lipinski definition) is 1. The fraction of sp³-hybridized carbons (Fsp3) is 0.0690. The van der Waals surface area contributed by atoms with Gasteiger partial charge in [0.2, 0.25) is 0 Å². The van der Waals surface area contributed by atoms with Crippen molar-refractivity contribution in [3.63, 3.8) is 0 Å². The van der Waals surface area contributed by atoms with Gasteiger partial charge in [0.05, 0.1) is 17.3 Å². The summed E-state index contributed by atoms with van der Waals surface area (Å²) in [5, 5.41) is 1.13. The predicted octanol–water partition coefficient (Wildman–Crippen LogP) is 7.13. The Kier molecular flexibility index (Phi) is 3.94. The highest BCUT2D eigenvalue weighted by molar-refractivity contribution is 6.09. The van der Waals surface area contributed by atoms with Gasteiger partial charge in [0.1, 0.15) is 0 Å². The highest BCUT2D eigenvalue weighted by Crippen LogP contribution is 2.52. The summed E-state index contributed by atoms with van der Waals surface area (Å²) in [5.41, 5.74) is 9.35. The van der Waals surface area contributed by atoms with Gasteiger partial charge in [-0.25, -0.2) is 0 Å². The van der Waals surface area contributed by atoms with E-state index in [4.69, 9.17) is 0 Å². The predicted molar refractivity (Wildman–Crippen MR) is 126 cm³/mol. The van der Waals surface area contributed by atoms with Gasteiger partial charge in [-0.2, -0.15) is 0 Å². The molecule has 0 amide bonds. The van der Waals surface area contributed by atoms with Crippen molar-refractivity contribution in [1.82, 2.24) is 4.57 Å². The second kappa shape index (κ2) is 6.82. The summed E-state index contributed by atoms with van der Waals surface area (Å²) < 4.78 is 2.46. The molecule has 5 aromatic rings. The maximum Gasteiger partial charge on any atom is 0.159 e. The van der Waals surface area contributed by atoms with Gasteiger partial charge >= 0.3 is 0 Å². The van der Waals surface area contributed by atoms with Gasteiger partial charge in [-0.05, 0) is 41.8 Å². The average Bonchev–Trinajstić information content (AvgIpc) is 3.32. The van der Waals surface area contributed by atoms with Gasteiger partial charge in [0.15, 0.2) is 5.78 Å². The minimum absolute atomic E-state index is 0.0901. The summed E-state index contributed by atoms with van der Waals surface area (Å²) >= 11 is 0. The Balaban J connectivity index is 1.78. The molecule has 0 saturated heterocycles. The van der Waals surface area contributed by atoms with Crippen LogP contribution in [0.3, 0.4) is 0 Å². The zero-order valence-corrected chi connectivity index (χ0v) is 17.2. The number of aromatic nitrogens is 1. The Hall–Kier alpha value is -3.91. The first kappa shape index (κ1) is 17.9. The maximum absolute atomic E-state index is 12.2. The monoisotopic (exact) mass is 399 g/mol. The molecule has 2 heterocycles. The number of Topliss-reactive ketones (excluding diaryl/α,β-unsaturated/α-hetero) is 1. The lowest BCUT2D eigenvalue weighted by Gasteiger charge is -2.17. The lowest BCUT2D eigenvalue weighted by atomic mass is 9.93. The lowest BCUT2D eigenvalue weighted by molar-refractivity contribution is 0.101. The van der Waals surface area contributed by atoms with Crippen LogP contribution in [-0.2, 0) is 0 Å². The van der Waals surface area contributed by atoms with Gasteiger partial charge < -0.3 is 4.57 Å². The van der Waals surface area contributed by atoms with Gasteiger partial charge in [-0.1, -0.05) is 84.9 Å². The topological polar surface area (TPSA) is 22.0 Å². The smallest absolute Gasteiger partial charge is 0.159 e. The van der Waals surface area contributed by atoms with Crippen molar-refractivity contribution < 1.29 is 4.79 Å². The average molecular weight is 399 g/mol. The summed E-state index contributed by atoms with van der Waals surface area (Å²) in [5.74, 6) is 0.0901. The fourth-order valence-electron chi connectivity index (χ4n) is 5.02. The molecule has 0 aliphatic carbocycles. The van der Waals surface area contributed by atoms with Crippen LogP contribution < -0.4 is 0 Å². The normalized spacial score (nSPS) is 14.4. The third kappa shape index (κ3) is 2.62. The number of hydrogen-bond donors (Lipinski definition) is 0. The quantitative estimate of drug-likeness (QED) is 0.290. The summed E-state index contributed by atoms with van der Waals surface area (Å²) in [7, 11) is 0. The van der Waals surface area contributed by atoms with Gasteiger partial charge in [-0.15, -0.1) is 0 Å². The Morgan fingerprint density at radius 1 is 0.774 bits per heavy atom. The molecule has 1 aliphatic heterocycles. The van der Waals surface area contributed by atoms with Gasteiger partial charge in [-0.3, -0.25) is 4.79 Å². The zero-order valence-electron chi connectivity index (χ0n) is 17.2. The number of fused-ring (bicyclic) bond motifs is 5. The van der Waals surface area contributed by atoms with Crippen LogP contribution in [-0.4, -0.2) is 10.4 Å². The van der Waals surface area contributed by atoms with E-state index in [1.807, 2.05) is 12.1 Å². The Morgan fingerprint density at radius 3 is 2.19 bits per heavy atom. The number of ketones is 1. The Morgan fingerprint density at radius 2 is 1.45 bits per heavy atom. The van der Waals surface area contributed by atoms with Crippen LogP contribution in [0.15, 0.2) is 103 Å². The van der Waals surface area contributed by atoms with Crippen LogP contribution in [0, 0.1) is 0 Å². The molecule has 1 aromatic heterocycles. The Bertz CT molecular complexity index is 1440. The molecule has 2 heteroatoms. The number of nitrogens with zero attached hydrogens (tertiary/aromatic N) is 1. The highest BCUT2D eigenvalue weighted by atomic mass is 16.1. The standard InChI is InChI=1S/C29H21NO/c1-19(31)22-16-17-26-25(18-22)27(20-10-4-2-5-11-20)29-24-15-9-8-14-23(24)28(30(26)29)21-12-6-3-7-13-21/h2-18,28H,1H3. The molecule has 0 radical (unpaired) electrons. The van der Waals surface area contributed by atoms with Crippen molar-refractivity contribution in [2.75, 3.05) is 0 Å². The number of rotatable bonds is 3. The van der Waals surface area contributed by atoms with Crippen molar-refractivity contribution in [3.05, 3.63) is 120 Å². The SMILES string of the molecule is CC(=O)c1ccc2c(c1)c(-c1ccccc1)c1n2C(c2ccccc2)c2ccccc2-1. The van der Waals surface area contributed by atoms with E-state index in [9.17, 15) is 4.79 Å². The van der Waals surface area contributed by atoms with E-state index in [0.29, 0.717) is 0 Å². The van der Waals surface area contributed by atoms with Crippen LogP contribution in [0.4, 0.5) is 0 Å². The summed E-state index contributed by atoms with van der Waals surface area (Å²) in [4.78, 5) is 12.2. The minimum atomic E-state index is 0.0901. The zero-order chi connectivity index (χ0) is 20.9. The van der Waals surface area contributed by atoms with Crippen LogP contribution >= 0.6 is 0 Å². The molecule has 1 aliphatic rings. The minimum Gasteiger partial charge on any atom is -0.328 e. The maximum atomic E-state index is 12.2. The van der Waals surface area contributed by atoms with Crippen molar-refractivity contribution in [3.8, 4) is 22.4 Å². The number of carbonyl (C=O) groups excluding carboxylic acids is 1. The van der Waals surface area contributed by atoms with Crippen LogP contribution in [0.1, 0.15) is 34.5 Å². The third-order valence-corrected chi connectivity index (χ3v) is 6.36. The van der Waals surface area contributed by atoms with E-state index < -0.39 is 0 Å². The molecule has 148 valence electrons. The molecule has 0 bridgehead atoms. The number of carbonyl (C=O) groups is 1. The van der Waals surface area contributed by atoms with Crippen LogP contribution in [0.5, 0.6) is 0 Å². The molecule has 0 spiro atoms. The van der Waals surface area contributed by atoms with Crippen molar-refractivity contribution in [2.24, 2.45) is 0 Å². The van der Waals surface area contributed by atoms with E-state index in [1.54, 1.807) is 6.92 Å². The van der Waals surface area contributed by atoms with Crippen LogP contribution in [0.25, 0.3) is 33.3 Å². The van der Waals surface area contributed by atoms with Gasteiger partial charge in [0, 0.05) is 22.1 Å². The van der Waals surface area contributed by atoms with Gasteiger partial charge in [0.25, 0.3) is 0 Å². The molecule has 0 fully saturated rings. The molecule has 4 aromatic carbocycles. The lowest BCUT2D eigenvalue weighted by Crippen LogP contribution is -2.07. The highest BCUT2D eigenvalue weighted by Gasteiger charge is 2.34. The van der Waals surface area contributed by atoms with E-state index in [2.05, 4.69) is 95.6 Å². The van der Waals surface area contributed by atoms with E-state index >= 15 is 0 Å². The van der Waals surface area contributed by atoms with Crippen LogP contribution in [0.2, 0.25) is 0 Å². The fourth-order valence-corrected chi connectivity index (χ4v) is 5.02. The summed E-state index contributed by atoms with van der Waals surface area (Å²) in [6.45, 7) is 1.63. The molecule has 6 rings (SSSR count). The van der Waals surface area contributed by atoms with E-state index in [0.717, 1.165) is 16.5 Å². The molecular formula is C29H21NO. The number of benzene rings is 4. The molecule has 0 N–H and O–H groups in total. The third-order valence-electron chi connectivity index (χ3n) is 6.36. The first-order chi connectivity index (χ1) is 15.2. The first-order valence-corrected chi connectivity index (χ1v) is 10.6. The second-order valence-electron chi connectivity index (χ2n) is 8.15. The molecule has 31 heavy (non-hydrogen) atoms. The largest absolute Gasteiger partial charge is 0.328 e. The van der Waals surface area contributed by atoms with E-state index in [-0.39, 0.29) is 11.8 Å². The summed E-state index contributed by atoms with van der Waals surface area (Å²) in [6.07, 6.45) is 0. The molecular weight excluding hydrogens is 378 g/mol. The summed E-state index contributed by atoms with van der Waals surface area (Å²) in [6, 6.07) is 36.2. The molecule has 1 unspecified atom stereocenters. The molecule has 0 saturated carbocycles.